The molecule has 0 aliphatic heterocycles. The van der Waals surface area contributed by atoms with Gasteiger partial charge < -0.3 is 0 Å². The fraction of sp³-hybridized carbons (Fsp3) is 0.174. The lowest BCUT2D eigenvalue weighted by Crippen LogP contribution is -2.30. The van der Waals surface area contributed by atoms with E-state index in [1.165, 1.54) is 5.57 Å². The van der Waals surface area contributed by atoms with Crippen LogP contribution in [0, 0.1) is 0 Å². The van der Waals surface area contributed by atoms with Gasteiger partial charge in [0.15, 0.2) is 0 Å². The molecule has 2 aromatic rings. The summed E-state index contributed by atoms with van der Waals surface area (Å²) in [5, 5.41) is 3.17. The number of pyridine rings is 1. The molecule has 2 rings (SSSR count). The van der Waals surface area contributed by atoms with E-state index in [1.807, 2.05) is 37.4 Å². The van der Waals surface area contributed by atoms with Gasteiger partial charge in [0.1, 0.15) is 0 Å². The minimum atomic E-state index is 0.636. The Kier molecular flexibility index (Phi) is 7.02. The molecule has 26 heavy (non-hydrogen) atoms. The van der Waals surface area contributed by atoms with Crippen molar-refractivity contribution in [3.63, 3.8) is 0 Å². The van der Waals surface area contributed by atoms with Crippen LogP contribution in [-0.4, -0.2) is 4.98 Å². The van der Waals surface area contributed by atoms with Crippen molar-refractivity contribution in [2.24, 2.45) is 0 Å². The van der Waals surface area contributed by atoms with E-state index in [1.54, 1.807) is 18.3 Å². The first kappa shape index (κ1) is 20.2. The SMILES string of the molecule is C=Cc1c(C=C)c(Cl)c(=C/C=C(\C)c2cccnc2)/c(=C(\C)CC)c1Cl. The van der Waals surface area contributed by atoms with Gasteiger partial charge >= 0.3 is 0 Å². The third kappa shape index (κ3) is 4.00. The van der Waals surface area contributed by atoms with E-state index in [4.69, 9.17) is 23.2 Å². The largest absolute Gasteiger partial charge is 0.264 e. The third-order valence-electron chi connectivity index (χ3n) is 4.47. The van der Waals surface area contributed by atoms with Gasteiger partial charge in [0.25, 0.3) is 0 Å². The molecule has 0 N–H and O–H groups in total. The zero-order valence-electron chi connectivity index (χ0n) is 15.4. The van der Waals surface area contributed by atoms with Crippen LogP contribution >= 0.6 is 23.2 Å². The van der Waals surface area contributed by atoms with E-state index in [9.17, 15) is 0 Å². The van der Waals surface area contributed by atoms with Crippen LogP contribution in [0.15, 0.2) is 43.8 Å². The van der Waals surface area contributed by atoms with Gasteiger partial charge in [-0.3, -0.25) is 4.98 Å². The maximum Gasteiger partial charge on any atom is 0.0563 e. The van der Waals surface area contributed by atoms with Crippen LogP contribution in [0.3, 0.4) is 0 Å². The maximum absolute atomic E-state index is 6.74. The van der Waals surface area contributed by atoms with Crippen LogP contribution in [0.1, 0.15) is 43.9 Å². The van der Waals surface area contributed by atoms with Gasteiger partial charge in [0.05, 0.1) is 10.0 Å². The molecular weight excluding hydrogens is 361 g/mol. The monoisotopic (exact) mass is 383 g/mol. The smallest absolute Gasteiger partial charge is 0.0563 e. The second-order valence-corrected chi connectivity index (χ2v) is 6.80. The number of aromatic nitrogens is 1. The van der Waals surface area contributed by atoms with E-state index in [0.717, 1.165) is 39.1 Å². The van der Waals surface area contributed by atoms with Gasteiger partial charge in [-0.2, -0.15) is 0 Å². The zero-order valence-corrected chi connectivity index (χ0v) is 17.0. The molecule has 0 atom stereocenters. The molecule has 1 heterocycles. The molecule has 1 aromatic heterocycles. The van der Waals surface area contributed by atoms with Crippen LogP contribution in [0.25, 0.3) is 29.4 Å². The highest BCUT2D eigenvalue weighted by Gasteiger charge is 2.12. The minimum absolute atomic E-state index is 0.636. The van der Waals surface area contributed by atoms with Gasteiger partial charge in [-0.05, 0) is 37.5 Å². The number of hydrogen-bond acceptors (Lipinski definition) is 1. The summed E-state index contributed by atoms with van der Waals surface area (Å²) in [6.45, 7) is 14.0. The Hall–Kier alpha value is -2.09. The van der Waals surface area contributed by atoms with Crippen LogP contribution in [-0.2, 0) is 0 Å². The lowest BCUT2D eigenvalue weighted by Gasteiger charge is -2.11. The fourth-order valence-corrected chi connectivity index (χ4v) is 3.57. The first-order valence-electron chi connectivity index (χ1n) is 8.50. The Bertz CT molecular complexity index is 983. The average molecular weight is 384 g/mol. The summed E-state index contributed by atoms with van der Waals surface area (Å²) in [4.78, 5) is 4.17. The molecule has 0 spiro atoms. The molecule has 0 saturated heterocycles. The Morgan fingerprint density at radius 3 is 2.31 bits per heavy atom. The van der Waals surface area contributed by atoms with Crippen LogP contribution in [0.5, 0.6) is 0 Å². The first-order chi connectivity index (χ1) is 12.5. The number of allylic oxidation sites excluding steroid dienone is 2. The van der Waals surface area contributed by atoms with Gasteiger partial charge in [0.2, 0.25) is 0 Å². The minimum Gasteiger partial charge on any atom is -0.264 e. The van der Waals surface area contributed by atoms with Gasteiger partial charge in [-0.25, -0.2) is 0 Å². The van der Waals surface area contributed by atoms with Crippen LogP contribution < -0.4 is 10.4 Å². The number of rotatable bonds is 5. The number of benzene rings is 1. The molecule has 0 bridgehead atoms. The topological polar surface area (TPSA) is 12.9 Å². The van der Waals surface area contributed by atoms with Crippen molar-refractivity contribution in [1.29, 1.82) is 0 Å². The lowest BCUT2D eigenvalue weighted by atomic mass is 9.99. The molecule has 0 radical (unpaired) electrons. The summed E-state index contributed by atoms with van der Waals surface area (Å²) in [5.41, 5.74) is 4.96. The van der Waals surface area contributed by atoms with Crippen molar-refractivity contribution in [3.8, 4) is 0 Å². The quantitative estimate of drug-likeness (QED) is 0.604. The molecule has 0 unspecified atom stereocenters. The van der Waals surface area contributed by atoms with Crippen molar-refractivity contribution in [2.75, 3.05) is 0 Å². The van der Waals surface area contributed by atoms with Gasteiger partial charge in [-0.1, -0.05) is 79.2 Å². The predicted octanol–water partition coefficient (Wildman–Crippen LogP) is 6.14. The molecule has 134 valence electrons. The summed E-state index contributed by atoms with van der Waals surface area (Å²) in [6.07, 6.45) is 12.0. The van der Waals surface area contributed by atoms with Crippen molar-refractivity contribution >= 4 is 52.6 Å². The van der Waals surface area contributed by atoms with Crippen molar-refractivity contribution in [1.82, 2.24) is 4.98 Å². The van der Waals surface area contributed by atoms with E-state index in [0.29, 0.717) is 10.0 Å². The molecule has 0 fully saturated rings. The second kappa shape index (κ2) is 9.02. The summed E-state index contributed by atoms with van der Waals surface area (Å²) >= 11 is 13.5. The molecule has 0 saturated carbocycles. The van der Waals surface area contributed by atoms with Crippen LogP contribution in [0.4, 0.5) is 0 Å². The highest BCUT2D eigenvalue weighted by Crippen LogP contribution is 2.24. The van der Waals surface area contributed by atoms with Crippen molar-refractivity contribution in [3.05, 3.63) is 80.9 Å². The highest BCUT2D eigenvalue weighted by molar-refractivity contribution is 6.35. The second-order valence-electron chi connectivity index (χ2n) is 6.04. The van der Waals surface area contributed by atoms with E-state index in [-0.39, 0.29) is 0 Å². The highest BCUT2D eigenvalue weighted by atomic mass is 35.5. The predicted molar refractivity (Wildman–Crippen MR) is 118 cm³/mol. The standard InChI is InChI=1S/C23H23Cl2N/c1-6-15(4)21-20(12-11-16(5)17-10-9-13-26-14-17)22(24)18(7-2)19(8-3)23(21)25/h7-14H,2-3,6H2,1,4-5H3/b16-11+,20-12+,21-15-. The number of nitrogens with zero attached hydrogens (tertiary/aromatic N) is 1. The molecule has 1 aromatic carbocycles. The molecule has 3 heteroatoms. The molecular formula is C23H23Cl2N. The molecule has 0 aliphatic rings. The normalized spacial score (nSPS) is 13.6. The maximum atomic E-state index is 6.74. The average Bonchev–Trinajstić information content (AvgIpc) is 2.67. The first-order valence-corrected chi connectivity index (χ1v) is 9.26. The molecule has 1 nitrogen and oxygen atoms in total. The lowest BCUT2D eigenvalue weighted by molar-refractivity contribution is 1.20. The van der Waals surface area contributed by atoms with Crippen molar-refractivity contribution < 1.29 is 0 Å². The van der Waals surface area contributed by atoms with E-state index in [2.05, 4.69) is 32.0 Å². The van der Waals surface area contributed by atoms with Gasteiger partial charge in [-0.15, -0.1) is 0 Å². The Labute approximate surface area is 165 Å². The van der Waals surface area contributed by atoms with Gasteiger partial charge in [0, 0.05) is 34.0 Å². The number of hydrogen-bond donors (Lipinski definition) is 0. The molecule has 0 amide bonds. The Morgan fingerprint density at radius 1 is 1.12 bits per heavy atom. The summed E-state index contributed by atoms with van der Waals surface area (Å²) in [7, 11) is 0. The summed E-state index contributed by atoms with van der Waals surface area (Å²) in [5.74, 6) is 0. The Morgan fingerprint density at radius 2 is 1.77 bits per heavy atom. The number of halogens is 2. The van der Waals surface area contributed by atoms with Crippen molar-refractivity contribution in [2.45, 2.75) is 27.2 Å². The summed E-state index contributed by atoms with van der Waals surface area (Å²) in [6, 6.07) is 3.95. The fourth-order valence-electron chi connectivity index (χ4n) is 2.79. The zero-order chi connectivity index (χ0) is 19.3. The van der Waals surface area contributed by atoms with Crippen LogP contribution in [0.2, 0.25) is 10.0 Å². The summed E-state index contributed by atoms with van der Waals surface area (Å²) < 4.78 is 0. The third-order valence-corrected chi connectivity index (χ3v) is 5.27. The van der Waals surface area contributed by atoms with E-state index >= 15 is 0 Å². The molecule has 0 aliphatic carbocycles. The van der Waals surface area contributed by atoms with E-state index < -0.39 is 0 Å². The Balaban J connectivity index is 2.90.